The second-order valence-electron chi connectivity index (χ2n) is 6.15. The van der Waals surface area contributed by atoms with Gasteiger partial charge in [0.05, 0.1) is 5.02 Å². The number of hydrogen-bond acceptors (Lipinski definition) is 3. The summed E-state index contributed by atoms with van der Waals surface area (Å²) < 4.78 is 19.4. The van der Waals surface area contributed by atoms with Crippen LogP contribution in [-0.2, 0) is 6.54 Å². The zero-order valence-corrected chi connectivity index (χ0v) is 14.1. The summed E-state index contributed by atoms with van der Waals surface area (Å²) in [6.07, 6.45) is 1.52. The van der Waals surface area contributed by atoms with Crippen molar-refractivity contribution in [3.8, 4) is 5.75 Å². The maximum Gasteiger partial charge on any atom is 0.138 e. The van der Waals surface area contributed by atoms with Crippen LogP contribution in [0.25, 0.3) is 0 Å². The van der Waals surface area contributed by atoms with Crippen molar-refractivity contribution in [1.29, 1.82) is 0 Å². The maximum absolute atomic E-state index is 13.9. The highest BCUT2D eigenvalue weighted by molar-refractivity contribution is 6.32. The highest BCUT2D eigenvalue weighted by Crippen LogP contribution is 2.29. The molecule has 3 rings (SSSR count). The highest BCUT2D eigenvalue weighted by atomic mass is 35.5. The smallest absolute Gasteiger partial charge is 0.138 e. The van der Waals surface area contributed by atoms with Gasteiger partial charge in [-0.15, -0.1) is 0 Å². The summed E-state index contributed by atoms with van der Waals surface area (Å²) in [4.78, 5) is 2.12. The van der Waals surface area contributed by atoms with E-state index in [1.165, 1.54) is 6.07 Å². The van der Waals surface area contributed by atoms with Crippen molar-refractivity contribution in [2.75, 3.05) is 13.2 Å². The van der Waals surface area contributed by atoms with Gasteiger partial charge < -0.3 is 9.84 Å². The number of hydrogen-bond donors (Lipinski definition) is 1. The van der Waals surface area contributed by atoms with Gasteiger partial charge in [0, 0.05) is 24.7 Å². The molecule has 0 heterocycles. The fourth-order valence-electron chi connectivity index (χ4n) is 2.70. The monoisotopic (exact) mass is 349 g/mol. The molecule has 1 aliphatic carbocycles. The van der Waals surface area contributed by atoms with E-state index in [1.807, 2.05) is 18.2 Å². The molecule has 0 spiro atoms. The molecule has 1 N–H and O–H groups in total. The normalized spacial score (nSPS) is 15.5. The molecule has 2 aromatic rings. The van der Waals surface area contributed by atoms with Gasteiger partial charge in [0.25, 0.3) is 0 Å². The van der Waals surface area contributed by atoms with E-state index in [4.69, 9.17) is 16.3 Å². The van der Waals surface area contributed by atoms with E-state index >= 15 is 0 Å². The Morgan fingerprint density at radius 2 is 1.88 bits per heavy atom. The van der Waals surface area contributed by atoms with Crippen LogP contribution in [0.15, 0.2) is 48.5 Å². The maximum atomic E-state index is 13.9. The van der Waals surface area contributed by atoms with E-state index in [0.717, 1.165) is 12.8 Å². The predicted molar refractivity (Wildman–Crippen MR) is 92.8 cm³/mol. The van der Waals surface area contributed by atoms with E-state index < -0.39 is 6.10 Å². The van der Waals surface area contributed by atoms with Crippen LogP contribution in [0.4, 0.5) is 4.39 Å². The minimum Gasteiger partial charge on any atom is -0.489 e. The molecule has 0 radical (unpaired) electrons. The zero-order chi connectivity index (χ0) is 16.9. The molecule has 5 heteroatoms. The summed E-state index contributed by atoms with van der Waals surface area (Å²) in [7, 11) is 0. The van der Waals surface area contributed by atoms with Crippen LogP contribution in [0.5, 0.6) is 5.75 Å². The third-order valence-corrected chi connectivity index (χ3v) is 4.42. The van der Waals surface area contributed by atoms with Crippen molar-refractivity contribution in [2.45, 2.75) is 31.5 Å². The van der Waals surface area contributed by atoms with E-state index in [1.54, 1.807) is 24.3 Å². The van der Waals surface area contributed by atoms with Crippen LogP contribution in [0.3, 0.4) is 0 Å². The second kappa shape index (κ2) is 7.97. The molecule has 1 aliphatic rings. The summed E-state index contributed by atoms with van der Waals surface area (Å²) in [6, 6.07) is 14.4. The molecule has 128 valence electrons. The number of nitrogens with zero attached hydrogens (tertiary/aromatic N) is 1. The SMILES string of the molecule is OC(COc1ccccc1Cl)CN(Cc1ccccc1F)C1CC1. The van der Waals surface area contributed by atoms with E-state index in [2.05, 4.69) is 4.90 Å². The Kier molecular flexibility index (Phi) is 5.72. The Bertz CT molecular complexity index is 678. The minimum absolute atomic E-state index is 0.157. The van der Waals surface area contributed by atoms with Crippen molar-refractivity contribution in [3.05, 3.63) is 64.9 Å². The van der Waals surface area contributed by atoms with E-state index in [0.29, 0.717) is 35.5 Å². The molecule has 1 unspecified atom stereocenters. The minimum atomic E-state index is -0.659. The van der Waals surface area contributed by atoms with Gasteiger partial charge in [0.2, 0.25) is 0 Å². The van der Waals surface area contributed by atoms with Crippen molar-refractivity contribution in [1.82, 2.24) is 4.90 Å². The first-order chi connectivity index (χ1) is 11.6. The van der Waals surface area contributed by atoms with E-state index in [-0.39, 0.29) is 12.4 Å². The standard InChI is InChI=1S/C19H21ClFNO2/c20-17-6-2-4-8-19(17)24-13-16(23)12-22(15-9-10-15)11-14-5-1-3-7-18(14)21/h1-8,15-16,23H,9-13H2. The Morgan fingerprint density at radius 3 is 2.58 bits per heavy atom. The van der Waals surface area contributed by atoms with Crippen LogP contribution in [0.1, 0.15) is 18.4 Å². The van der Waals surface area contributed by atoms with E-state index in [9.17, 15) is 9.50 Å². The Balaban J connectivity index is 1.55. The van der Waals surface area contributed by atoms with Gasteiger partial charge in [0.15, 0.2) is 0 Å². The number of aliphatic hydroxyl groups is 1. The van der Waals surface area contributed by atoms with Crippen LogP contribution >= 0.6 is 11.6 Å². The summed E-state index contributed by atoms with van der Waals surface area (Å²) in [5, 5.41) is 10.8. The third-order valence-electron chi connectivity index (χ3n) is 4.11. The number of ether oxygens (including phenoxy) is 1. The van der Waals surface area contributed by atoms with Gasteiger partial charge in [-0.1, -0.05) is 41.9 Å². The van der Waals surface area contributed by atoms with Gasteiger partial charge in [-0.2, -0.15) is 0 Å². The molecule has 0 saturated heterocycles. The Hall–Kier alpha value is -1.62. The van der Waals surface area contributed by atoms with Gasteiger partial charge in [-0.25, -0.2) is 4.39 Å². The molecular formula is C19H21ClFNO2. The van der Waals surface area contributed by atoms with Gasteiger partial charge in [-0.05, 0) is 31.0 Å². The van der Waals surface area contributed by atoms with Crippen LogP contribution in [0, 0.1) is 5.82 Å². The lowest BCUT2D eigenvalue weighted by atomic mass is 10.2. The summed E-state index contributed by atoms with van der Waals surface area (Å²) in [6.45, 7) is 1.11. The van der Waals surface area contributed by atoms with Crippen molar-refractivity contribution in [3.63, 3.8) is 0 Å². The summed E-state index contributed by atoms with van der Waals surface area (Å²) in [5.74, 6) is 0.357. The molecule has 1 saturated carbocycles. The fourth-order valence-corrected chi connectivity index (χ4v) is 2.89. The lowest BCUT2D eigenvalue weighted by molar-refractivity contribution is 0.0623. The first kappa shape index (κ1) is 17.2. The average Bonchev–Trinajstić information content (AvgIpc) is 3.40. The molecule has 0 aromatic heterocycles. The topological polar surface area (TPSA) is 32.7 Å². The largest absolute Gasteiger partial charge is 0.489 e. The molecule has 0 aliphatic heterocycles. The van der Waals surface area contributed by atoms with Crippen LogP contribution in [0.2, 0.25) is 5.02 Å². The molecular weight excluding hydrogens is 329 g/mol. The summed E-state index contributed by atoms with van der Waals surface area (Å²) >= 11 is 6.04. The first-order valence-electron chi connectivity index (χ1n) is 8.16. The molecule has 24 heavy (non-hydrogen) atoms. The van der Waals surface area contributed by atoms with Crippen molar-refractivity contribution in [2.24, 2.45) is 0 Å². The quantitative estimate of drug-likeness (QED) is 0.785. The molecule has 1 fully saturated rings. The molecule has 2 aromatic carbocycles. The average molecular weight is 350 g/mol. The molecule has 3 nitrogen and oxygen atoms in total. The van der Waals surface area contributed by atoms with Gasteiger partial charge in [-0.3, -0.25) is 4.90 Å². The van der Waals surface area contributed by atoms with Gasteiger partial charge in [0.1, 0.15) is 24.3 Å². The Morgan fingerprint density at radius 1 is 1.17 bits per heavy atom. The van der Waals surface area contributed by atoms with Crippen molar-refractivity contribution < 1.29 is 14.2 Å². The molecule has 1 atom stereocenters. The number of rotatable bonds is 8. The number of halogens is 2. The van der Waals surface area contributed by atoms with Crippen LogP contribution < -0.4 is 4.74 Å². The lowest BCUT2D eigenvalue weighted by Crippen LogP contribution is -2.37. The zero-order valence-electron chi connectivity index (χ0n) is 13.4. The third kappa shape index (κ3) is 4.69. The molecule has 0 bridgehead atoms. The first-order valence-corrected chi connectivity index (χ1v) is 8.54. The lowest BCUT2D eigenvalue weighted by Gasteiger charge is -2.25. The molecule has 0 amide bonds. The number of benzene rings is 2. The van der Waals surface area contributed by atoms with Crippen molar-refractivity contribution >= 4 is 11.6 Å². The number of aliphatic hydroxyl groups excluding tert-OH is 1. The fraction of sp³-hybridized carbons (Fsp3) is 0.368. The van der Waals surface area contributed by atoms with Crippen LogP contribution in [-0.4, -0.2) is 35.3 Å². The summed E-state index contributed by atoms with van der Waals surface area (Å²) in [5.41, 5.74) is 0.656. The highest BCUT2D eigenvalue weighted by Gasteiger charge is 2.30. The number of para-hydroxylation sites is 1. The van der Waals surface area contributed by atoms with Gasteiger partial charge >= 0.3 is 0 Å². The predicted octanol–water partition coefficient (Wildman–Crippen LogP) is 3.88. The second-order valence-corrected chi connectivity index (χ2v) is 6.55. The Labute approximate surface area is 146 Å².